The second kappa shape index (κ2) is 5.68. The van der Waals surface area contributed by atoms with Crippen molar-refractivity contribution in [2.75, 3.05) is 0 Å². The van der Waals surface area contributed by atoms with Gasteiger partial charge in [-0.3, -0.25) is 4.98 Å². The molecule has 1 aromatic carbocycles. The Morgan fingerprint density at radius 1 is 1.26 bits per heavy atom. The van der Waals surface area contributed by atoms with E-state index in [1.807, 2.05) is 0 Å². The molecule has 0 fully saturated rings. The van der Waals surface area contributed by atoms with Crippen molar-refractivity contribution in [3.63, 3.8) is 0 Å². The van der Waals surface area contributed by atoms with Crippen molar-refractivity contribution in [2.45, 2.75) is 17.9 Å². The highest BCUT2D eigenvalue weighted by molar-refractivity contribution is 6.36. The topological polar surface area (TPSA) is 33.1 Å². The maximum Gasteiger partial charge on any atom is 0.109 e. The molecule has 1 aromatic heterocycles. The molecule has 2 unspecified atom stereocenters. The lowest BCUT2D eigenvalue weighted by atomic mass is 9.89. The molecule has 0 aliphatic heterocycles. The standard InChI is InChI=1S/C14H12Cl3NO/c1-14(19,9-3-2-6-18-8-9)13(17)11-5-4-10(15)7-12(11)16/h2-8,13,19H,1H3. The Balaban J connectivity index is 2.40. The number of benzene rings is 1. The molecule has 0 aliphatic carbocycles. The molecule has 0 radical (unpaired) electrons. The molecule has 1 N–H and O–H groups in total. The van der Waals surface area contributed by atoms with E-state index in [1.54, 1.807) is 49.6 Å². The van der Waals surface area contributed by atoms with Crippen molar-refractivity contribution in [2.24, 2.45) is 0 Å². The number of pyridine rings is 1. The Kier molecular flexibility index (Phi) is 4.36. The molecule has 2 atom stereocenters. The lowest BCUT2D eigenvalue weighted by molar-refractivity contribution is 0.0516. The van der Waals surface area contributed by atoms with Crippen LogP contribution in [0.1, 0.15) is 23.4 Å². The first-order valence-electron chi connectivity index (χ1n) is 5.65. The average molecular weight is 317 g/mol. The van der Waals surface area contributed by atoms with Gasteiger partial charge in [-0.25, -0.2) is 0 Å². The minimum Gasteiger partial charge on any atom is -0.383 e. The van der Waals surface area contributed by atoms with E-state index < -0.39 is 11.0 Å². The molecule has 1 heterocycles. The Bertz CT molecular complexity index is 572. The van der Waals surface area contributed by atoms with Gasteiger partial charge in [0, 0.05) is 28.0 Å². The van der Waals surface area contributed by atoms with Crippen LogP contribution in [-0.2, 0) is 5.60 Å². The van der Waals surface area contributed by atoms with E-state index in [2.05, 4.69) is 4.98 Å². The van der Waals surface area contributed by atoms with Crippen LogP contribution >= 0.6 is 34.8 Å². The second-order valence-corrected chi connectivity index (χ2v) is 5.70. The molecule has 0 saturated carbocycles. The van der Waals surface area contributed by atoms with Gasteiger partial charge in [0.2, 0.25) is 0 Å². The first-order chi connectivity index (χ1) is 8.93. The highest BCUT2D eigenvalue weighted by atomic mass is 35.5. The fourth-order valence-corrected chi connectivity index (χ4v) is 2.71. The van der Waals surface area contributed by atoms with Gasteiger partial charge in [0.25, 0.3) is 0 Å². The van der Waals surface area contributed by atoms with Gasteiger partial charge in [0.15, 0.2) is 0 Å². The molecule has 0 aliphatic rings. The molecule has 5 heteroatoms. The van der Waals surface area contributed by atoms with E-state index in [0.29, 0.717) is 21.2 Å². The van der Waals surface area contributed by atoms with E-state index in [0.717, 1.165) is 0 Å². The Hall–Kier alpha value is -0.800. The quantitative estimate of drug-likeness (QED) is 0.841. The van der Waals surface area contributed by atoms with Crippen molar-refractivity contribution in [1.82, 2.24) is 4.98 Å². The molecule has 0 bridgehead atoms. The summed E-state index contributed by atoms with van der Waals surface area (Å²) in [5, 5.41) is 10.9. The minimum atomic E-state index is -1.28. The van der Waals surface area contributed by atoms with Gasteiger partial charge in [-0.2, -0.15) is 0 Å². The summed E-state index contributed by atoms with van der Waals surface area (Å²) in [6.07, 6.45) is 3.22. The predicted octanol–water partition coefficient (Wildman–Crippen LogP) is 4.58. The normalized spacial score (nSPS) is 15.8. The van der Waals surface area contributed by atoms with E-state index >= 15 is 0 Å². The summed E-state index contributed by atoms with van der Waals surface area (Å²) in [4.78, 5) is 3.99. The number of alkyl halides is 1. The summed E-state index contributed by atoms with van der Waals surface area (Å²) < 4.78 is 0. The van der Waals surface area contributed by atoms with Crippen LogP contribution in [0.4, 0.5) is 0 Å². The molecule has 2 aromatic rings. The third kappa shape index (κ3) is 3.03. The zero-order valence-corrected chi connectivity index (χ0v) is 12.4. The molecule has 19 heavy (non-hydrogen) atoms. The zero-order chi connectivity index (χ0) is 14.0. The molecule has 0 amide bonds. The number of hydrogen-bond donors (Lipinski definition) is 1. The number of hydrogen-bond acceptors (Lipinski definition) is 2. The highest BCUT2D eigenvalue weighted by Crippen LogP contribution is 2.42. The van der Waals surface area contributed by atoms with Crippen molar-refractivity contribution < 1.29 is 5.11 Å². The number of halogens is 3. The van der Waals surface area contributed by atoms with Crippen LogP contribution in [-0.4, -0.2) is 10.1 Å². The summed E-state index contributed by atoms with van der Waals surface area (Å²) in [6.45, 7) is 1.63. The van der Waals surface area contributed by atoms with E-state index in [-0.39, 0.29) is 0 Å². The van der Waals surface area contributed by atoms with Crippen molar-refractivity contribution in [3.8, 4) is 0 Å². The summed E-state index contributed by atoms with van der Waals surface area (Å²) in [5.41, 5.74) is -0.0320. The molecule has 0 saturated heterocycles. The highest BCUT2D eigenvalue weighted by Gasteiger charge is 2.34. The first-order valence-corrected chi connectivity index (χ1v) is 6.84. The fourth-order valence-electron chi connectivity index (χ4n) is 1.82. The first kappa shape index (κ1) is 14.6. The monoisotopic (exact) mass is 315 g/mol. The molecular weight excluding hydrogens is 305 g/mol. The Labute approximate surface area is 127 Å². The Morgan fingerprint density at radius 3 is 2.58 bits per heavy atom. The fraction of sp³-hybridized carbons (Fsp3) is 0.214. The van der Waals surface area contributed by atoms with Crippen LogP contribution in [0.3, 0.4) is 0 Å². The van der Waals surface area contributed by atoms with Crippen LogP contribution in [0.2, 0.25) is 10.0 Å². The van der Waals surface area contributed by atoms with E-state index in [1.165, 1.54) is 0 Å². The summed E-state index contributed by atoms with van der Waals surface area (Å²) in [6, 6.07) is 8.53. The molecular formula is C14H12Cl3NO. The van der Waals surface area contributed by atoms with Crippen molar-refractivity contribution in [3.05, 3.63) is 63.9 Å². The summed E-state index contributed by atoms with van der Waals surface area (Å²) in [5.74, 6) is 0. The van der Waals surface area contributed by atoms with Crippen LogP contribution < -0.4 is 0 Å². The summed E-state index contributed by atoms with van der Waals surface area (Å²) >= 11 is 18.4. The number of rotatable bonds is 3. The van der Waals surface area contributed by atoms with Gasteiger partial charge in [-0.1, -0.05) is 35.3 Å². The third-order valence-electron chi connectivity index (χ3n) is 2.98. The molecule has 2 nitrogen and oxygen atoms in total. The zero-order valence-electron chi connectivity index (χ0n) is 10.1. The smallest absolute Gasteiger partial charge is 0.109 e. The molecule has 2 rings (SSSR count). The number of aromatic nitrogens is 1. The van der Waals surface area contributed by atoms with Crippen LogP contribution in [0.15, 0.2) is 42.7 Å². The van der Waals surface area contributed by atoms with Gasteiger partial charge in [0.1, 0.15) is 5.60 Å². The number of aliphatic hydroxyl groups is 1. The average Bonchev–Trinajstić information content (AvgIpc) is 2.39. The van der Waals surface area contributed by atoms with Gasteiger partial charge in [0.05, 0.1) is 5.38 Å². The lowest BCUT2D eigenvalue weighted by Gasteiger charge is -2.29. The van der Waals surface area contributed by atoms with Crippen LogP contribution in [0.25, 0.3) is 0 Å². The minimum absolute atomic E-state index is 0.427. The lowest BCUT2D eigenvalue weighted by Crippen LogP contribution is -2.27. The van der Waals surface area contributed by atoms with Crippen molar-refractivity contribution in [1.29, 1.82) is 0 Å². The molecule has 100 valence electrons. The third-order valence-corrected chi connectivity index (χ3v) is 4.20. The van der Waals surface area contributed by atoms with E-state index in [9.17, 15) is 5.11 Å². The van der Waals surface area contributed by atoms with Crippen molar-refractivity contribution >= 4 is 34.8 Å². The van der Waals surface area contributed by atoms with Gasteiger partial charge < -0.3 is 5.11 Å². The van der Waals surface area contributed by atoms with Gasteiger partial charge >= 0.3 is 0 Å². The van der Waals surface area contributed by atoms with Gasteiger partial charge in [-0.05, 0) is 30.7 Å². The van der Waals surface area contributed by atoms with Crippen LogP contribution in [0, 0.1) is 0 Å². The van der Waals surface area contributed by atoms with Gasteiger partial charge in [-0.15, -0.1) is 11.6 Å². The molecule has 0 spiro atoms. The Morgan fingerprint density at radius 2 is 2.00 bits per heavy atom. The maximum atomic E-state index is 10.6. The summed E-state index contributed by atoms with van der Waals surface area (Å²) in [7, 11) is 0. The number of nitrogens with zero attached hydrogens (tertiary/aromatic N) is 1. The maximum absolute atomic E-state index is 10.6. The largest absolute Gasteiger partial charge is 0.383 e. The van der Waals surface area contributed by atoms with Crippen LogP contribution in [0.5, 0.6) is 0 Å². The van der Waals surface area contributed by atoms with E-state index in [4.69, 9.17) is 34.8 Å². The predicted molar refractivity (Wildman–Crippen MR) is 78.9 cm³/mol. The second-order valence-electron chi connectivity index (χ2n) is 4.42. The SMILES string of the molecule is CC(O)(c1cccnc1)C(Cl)c1ccc(Cl)cc1Cl.